The highest BCUT2D eigenvalue weighted by atomic mass is 35.5. The molecule has 0 bridgehead atoms. The first-order valence-electron chi connectivity index (χ1n) is 9.52. The molecule has 1 saturated carbocycles. The van der Waals surface area contributed by atoms with Crippen molar-refractivity contribution < 1.29 is 4.79 Å². The predicted molar refractivity (Wildman–Crippen MR) is 97.1 cm³/mol. The van der Waals surface area contributed by atoms with Gasteiger partial charge in [0, 0.05) is 32.6 Å². The van der Waals surface area contributed by atoms with Crippen LogP contribution in [0, 0.1) is 11.8 Å². The Hall–Kier alpha value is -0.320. The molecule has 23 heavy (non-hydrogen) atoms. The summed E-state index contributed by atoms with van der Waals surface area (Å²) in [7, 11) is 0. The molecule has 0 unspecified atom stereocenters. The van der Waals surface area contributed by atoms with Crippen LogP contribution in [-0.4, -0.2) is 61.5 Å². The van der Waals surface area contributed by atoms with Crippen molar-refractivity contribution in [1.82, 2.24) is 15.1 Å². The van der Waals surface area contributed by atoms with E-state index in [0.29, 0.717) is 11.8 Å². The summed E-state index contributed by atoms with van der Waals surface area (Å²) in [5.41, 5.74) is 0. The Kier molecular flexibility index (Phi) is 8.14. The molecular formula is C18H34ClN3O. The highest BCUT2D eigenvalue weighted by Gasteiger charge is 2.25. The van der Waals surface area contributed by atoms with Gasteiger partial charge in [-0.1, -0.05) is 12.8 Å². The van der Waals surface area contributed by atoms with Crippen molar-refractivity contribution >= 4 is 18.3 Å². The molecule has 0 aromatic rings. The van der Waals surface area contributed by atoms with Crippen LogP contribution in [-0.2, 0) is 4.79 Å². The van der Waals surface area contributed by atoms with Crippen LogP contribution in [0.2, 0.25) is 0 Å². The fraction of sp³-hybridized carbons (Fsp3) is 0.944. The van der Waals surface area contributed by atoms with Crippen LogP contribution in [0.4, 0.5) is 0 Å². The Morgan fingerprint density at radius 2 is 1.61 bits per heavy atom. The number of halogens is 1. The molecule has 0 aromatic carbocycles. The van der Waals surface area contributed by atoms with Crippen molar-refractivity contribution in [3.63, 3.8) is 0 Å². The second kappa shape index (κ2) is 9.85. The van der Waals surface area contributed by atoms with E-state index in [4.69, 9.17) is 0 Å². The SMILES string of the molecule is Cl.O=C(CC1CCCC1)N1CCCN(CC2CCNCC2)CC1. The maximum atomic E-state index is 12.5. The van der Waals surface area contributed by atoms with E-state index in [0.717, 1.165) is 38.4 Å². The summed E-state index contributed by atoms with van der Waals surface area (Å²) in [5, 5.41) is 3.45. The maximum absolute atomic E-state index is 12.5. The second-order valence-electron chi connectivity index (χ2n) is 7.58. The van der Waals surface area contributed by atoms with Gasteiger partial charge in [-0.05, 0) is 63.6 Å². The Bertz CT molecular complexity index is 354. The number of amides is 1. The second-order valence-corrected chi connectivity index (χ2v) is 7.58. The molecule has 0 radical (unpaired) electrons. The lowest BCUT2D eigenvalue weighted by Crippen LogP contribution is -2.39. The number of hydrogen-bond acceptors (Lipinski definition) is 3. The maximum Gasteiger partial charge on any atom is 0.222 e. The molecule has 0 atom stereocenters. The van der Waals surface area contributed by atoms with Gasteiger partial charge >= 0.3 is 0 Å². The monoisotopic (exact) mass is 343 g/mol. The lowest BCUT2D eigenvalue weighted by atomic mass is 9.97. The molecule has 0 aromatic heterocycles. The fourth-order valence-electron chi connectivity index (χ4n) is 4.42. The Morgan fingerprint density at radius 1 is 0.870 bits per heavy atom. The molecule has 4 nitrogen and oxygen atoms in total. The fourth-order valence-corrected chi connectivity index (χ4v) is 4.42. The summed E-state index contributed by atoms with van der Waals surface area (Å²) >= 11 is 0. The van der Waals surface area contributed by atoms with Crippen LogP contribution in [0.3, 0.4) is 0 Å². The predicted octanol–water partition coefficient (Wildman–Crippen LogP) is 2.52. The molecule has 2 aliphatic heterocycles. The van der Waals surface area contributed by atoms with Crippen molar-refractivity contribution in [1.29, 1.82) is 0 Å². The van der Waals surface area contributed by atoms with Gasteiger partial charge in [-0.25, -0.2) is 0 Å². The number of nitrogens with zero attached hydrogens (tertiary/aromatic N) is 2. The Labute approximate surface area is 147 Å². The summed E-state index contributed by atoms with van der Waals surface area (Å²) < 4.78 is 0. The molecule has 0 spiro atoms. The largest absolute Gasteiger partial charge is 0.341 e. The summed E-state index contributed by atoms with van der Waals surface area (Å²) in [6.07, 6.45) is 9.84. The summed E-state index contributed by atoms with van der Waals surface area (Å²) in [6.45, 7) is 7.81. The number of hydrogen-bond donors (Lipinski definition) is 1. The van der Waals surface area contributed by atoms with Crippen LogP contribution >= 0.6 is 12.4 Å². The standard InChI is InChI=1S/C18H33N3O.ClH/c22-18(14-16-4-1-2-5-16)21-11-3-10-20(12-13-21)15-17-6-8-19-9-7-17;/h16-17,19H,1-15H2;1H. The average molecular weight is 344 g/mol. The van der Waals surface area contributed by atoms with Gasteiger partial charge in [0.2, 0.25) is 5.91 Å². The van der Waals surface area contributed by atoms with Crippen LogP contribution in [0.5, 0.6) is 0 Å². The molecule has 134 valence electrons. The van der Waals surface area contributed by atoms with Gasteiger partial charge in [-0.3, -0.25) is 4.79 Å². The first kappa shape index (κ1) is 19.0. The van der Waals surface area contributed by atoms with Gasteiger partial charge in [0.25, 0.3) is 0 Å². The van der Waals surface area contributed by atoms with E-state index in [2.05, 4.69) is 15.1 Å². The highest BCUT2D eigenvalue weighted by Crippen LogP contribution is 2.28. The summed E-state index contributed by atoms with van der Waals surface area (Å²) in [4.78, 5) is 17.3. The highest BCUT2D eigenvalue weighted by molar-refractivity contribution is 5.85. The van der Waals surface area contributed by atoms with E-state index in [1.54, 1.807) is 0 Å². The minimum atomic E-state index is 0. The molecule has 3 aliphatic rings. The van der Waals surface area contributed by atoms with Gasteiger partial charge < -0.3 is 15.1 Å². The average Bonchev–Trinajstić information content (AvgIpc) is 2.93. The topological polar surface area (TPSA) is 35.6 Å². The van der Waals surface area contributed by atoms with Crippen molar-refractivity contribution in [2.24, 2.45) is 11.8 Å². The third kappa shape index (κ3) is 5.91. The zero-order valence-electron chi connectivity index (χ0n) is 14.5. The molecule has 1 aliphatic carbocycles. The third-order valence-corrected chi connectivity index (χ3v) is 5.85. The summed E-state index contributed by atoms with van der Waals surface area (Å²) in [5.74, 6) is 1.97. The number of nitrogens with one attached hydrogen (secondary N) is 1. The third-order valence-electron chi connectivity index (χ3n) is 5.85. The normalized spacial score (nSPS) is 25.1. The van der Waals surface area contributed by atoms with Crippen molar-refractivity contribution in [3.8, 4) is 0 Å². The Morgan fingerprint density at radius 3 is 2.35 bits per heavy atom. The molecule has 2 saturated heterocycles. The van der Waals surface area contributed by atoms with E-state index in [1.807, 2.05) is 0 Å². The number of carbonyl (C=O) groups is 1. The molecule has 3 rings (SSSR count). The van der Waals surface area contributed by atoms with Crippen LogP contribution < -0.4 is 5.32 Å². The van der Waals surface area contributed by atoms with E-state index in [1.165, 1.54) is 64.7 Å². The smallest absolute Gasteiger partial charge is 0.222 e. The molecule has 2 heterocycles. The van der Waals surface area contributed by atoms with E-state index < -0.39 is 0 Å². The molecule has 1 amide bonds. The first-order chi connectivity index (χ1) is 10.8. The minimum Gasteiger partial charge on any atom is -0.341 e. The molecule has 1 N–H and O–H groups in total. The van der Waals surface area contributed by atoms with Gasteiger partial charge in [-0.15, -0.1) is 12.4 Å². The number of piperidine rings is 1. The van der Waals surface area contributed by atoms with E-state index in [9.17, 15) is 4.79 Å². The molecule has 3 fully saturated rings. The molecule has 5 heteroatoms. The van der Waals surface area contributed by atoms with Crippen molar-refractivity contribution in [2.45, 2.75) is 51.4 Å². The zero-order chi connectivity index (χ0) is 15.2. The Balaban J connectivity index is 0.00000192. The minimum absolute atomic E-state index is 0. The number of carbonyl (C=O) groups excluding carboxylic acids is 1. The summed E-state index contributed by atoms with van der Waals surface area (Å²) in [6, 6.07) is 0. The zero-order valence-corrected chi connectivity index (χ0v) is 15.3. The first-order valence-corrected chi connectivity index (χ1v) is 9.52. The number of rotatable bonds is 4. The van der Waals surface area contributed by atoms with Gasteiger partial charge in [-0.2, -0.15) is 0 Å². The van der Waals surface area contributed by atoms with Crippen molar-refractivity contribution in [3.05, 3.63) is 0 Å². The van der Waals surface area contributed by atoms with Crippen LogP contribution in [0.25, 0.3) is 0 Å². The van der Waals surface area contributed by atoms with Gasteiger partial charge in [0.15, 0.2) is 0 Å². The van der Waals surface area contributed by atoms with Gasteiger partial charge in [0.1, 0.15) is 0 Å². The van der Waals surface area contributed by atoms with Crippen LogP contribution in [0.1, 0.15) is 51.4 Å². The lowest BCUT2D eigenvalue weighted by molar-refractivity contribution is -0.132. The van der Waals surface area contributed by atoms with Crippen LogP contribution in [0.15, 0.2) is 0 Å². The van der Waals surface area contributed by atoms with E-state index in [-0.39, 0.29) is 12.4 Å². The molecular weight excluding hydrogens is 310 g/mol. The van der Waals surface area contributed by atoms with E-state index >= 15 is 0 Å². The van der Waals surface area contributed by atoms with Crippen molar-refractivity contribution in [2.75, 3.05) is 45.8 Å². The quantitative estimate of drug-likeness (QED) is 0.852. The lowest BCUT2D eigenvalue weighted by Gasteiger charge is -2.29. The van der Waals surface area contributed by atoms with Gasteiger partial charge in [0.05, 0.1) is 0 Å².